The number of para-hydroxylation sites is 1. The number of aliphatic imine (C=N–C) groups is 3. The number of carbonyl (C=O) groups is 3. The number of tetrazole rings is 3. The molecule has 7 aromatic carbocycles. The van der Waals surface area contributed by atoms with Crippen molar-refractivity contribution in [3.63, 3.8) is 0 Å². The van der Waals surface area contributed by atoms with Crippen molar-refractivity contribution >= 4 is 57.5 Å². The maximum atomic E-state index is 13.6. The molecule has 3 N–H and O–H groups in total. The largest absolute Gasteiger partial charge is 0.371 e. The van der Waals surface area contributed by atoms with Crippen LogP contribution in [0.1, 0.15) is 205 Å². The summed E-state index contributed by atoms with van der Waals surface area (Å²) in [6.45, 7) is 17.2. The number of nitrogens with one attached hydrogen (secondary N) is 3. The molecule has 2 atom stereocenters. The monoisotopic (exact) mass is 1580 g/mol. The van der Waals surface area contributed by atoms with Crippen LogP contribution in [0.4, 0.5) is 11.4 Å². The van der Waals surface area contributed by atoms with Crippen molar-refractivity contribution in [2.24, 2.45) is 26.8 Å². The van der Waals surface area contributed by atoms with Crippen LogP contribution in [0.3, 0.4) is 0 Å². The first-order chi connectivity index (χ1) is 57.8. The van der Waals surface area contributed by atoms with E-state index in [1.165, 1.54) is 36.0 Å². The van der Waals surface area contributed by atoms with E-state index in [0.717, 1.165) is 256 Å². The van der Waals surface area contributed by atoms with E-state index in [9.17, 15) is 14.4 Å². The first-order valence-electron chi connectivity index (χ1n) is 43.5. The maximum absolute atomic E-state index is 13.6. The van der Waals surface area contributed by atoms with Crippen molar-refractivity contribution in [3.05, 3.63) is 181 Å². The lowest BCUT2D eigenvalue weighted by molar-refractivity contribution is -0.132. The number of fused-ring (bicyclic) bond motifs is 1. The van der Waals surface area contributed by atoms with Crippen LogP contribution in [0.25, 0.3) is 84.1 Å². The van der Waals surface area contributed by atoms with Crippen LogP contribution in [-0.2, 0) is 34.0 Å². The average Bonchev–Trinajstić information content (AvgIpc) is 1.59. The van der Waals surface area contributed by atoms with Crippen LogP contribution in [0.5, 0.6) is 0 Å². The molecule has 8 aliphatic rings. The smallest absolute Gasteiger partial charge is 0.256 e. The highest BCUT2D eigenvalue weighted by Crippen LogP contribution is 2.46. The molecule has 3 amide bonds. The number of hydrogen-bond acceptors (Lipinski definition) is 17. The summed E-state index contributed by atoms with van der Waals surface area (Å²) in [4.78, 5) is 66.7. The number of anilines is 2. The van der Waals surface area contributed by atoms with Crippen molar-refractivity contribution in [2.75, 3.05) is 36.0 Å². The van der Waals surface area contributed by atoms with Crippen molar-refractivity contribution in [1.29, 1.82) is 0 Å². The minimum absolute atomic E-state index is 0.191. The summed E-state index contributed by atoms with van der Waals surface area (Å²) in [5.74, 6) is 6.67. The highest BCUT2D eigenvalue weighted by molar-refractivity contribution is 6.10. The number of amides is 3. The quantitative estimate of drug-likeness (QED) is 0.0508. The van der Waals surface area contributed by atoms with Gasteiger partial charge in [-0.1, -0.05) is 183 Å². The molecule has 5 fully saturated rings. The van der Waals surface area contributed by atoms with Crippen LogP contribution in [0, 0.1) is 11.8 Å². The second kappa shape index (κ2) is 34.9. The molecule has 3 aliphatic carbocycles. The maximum Gasteiger partial charge on any atom is 0.256 e. The van der Waals surface area contributed by atoms with Gasteiger partial charge in [0.25, 0.3) is 17.7 Å². The molecule has 4 aromatic heterocycles. The molecule has 0 bridgehead atoms. The number of H-pyrrole nitrogens is 3. The number of carbonyl (C=O) groups excluding carboxylic acids is 3. The lowest BCUT2D eigenvalue weighted by atomic mass is 9.95. The van der Waals surface area contributed by atoms with Gasteiger partial charge < -0.3 is 14.4 Å². The van der Waals surface area contributed by atoms with Crippen LogP contribution in [0.2, 0.25) is 0 Å². The lowest BCUT2D eigenvalue weighted by Gasteiger charge is -2.33. The molecule has 19 rings (SSSR count). The van der Waals surface area contributed by atoms with Gasteiger partial charge in [0.1, 0.15) is 34.1 Å². The Bertz CT molecular complexity index is 5420. The second-order valence-electron chi connectivity index (χ2n) is 34.0. The topological polar surface area (TPSA) is 273 Å². The van der Waals surface area contributed by atoms with E-state index in [4.69, 9.17) is 15.0 Å². The number of hydrogen-bond donors (Lipinski definition) is 3. The highest BCUT2D eigenvalue weighted by atomic mass is 16.2. The summed E-state index contributed by atoms with van der Waals surface area (Å²) in [6, 6.07) is 55.6. The highest BCUT2D eigenvalue weighted by Gasteiger charge is 2.52. The van der Waals surface area contributed by atoms with Gasteiger partial charge in [-0.15, -0.1) is 30.6 Å². The van der Waals surface area contributed by atoms with Crippen molar-refractivity contribution < 1.29 is 14.4 Å². The van der Waals surface area contributed by atoms with Crippen molar-refractivity contribution in [3.8, 4) is 73.2 Å². The number of aromatic nitrogens is 13. The average molecular weight is 1580 g/mol. The number of unbranched alkanes of at least 4 members (excludes halogenated alkanes) is 3. The Hall–Kier alpha value is -11.7. The van der Waals surface area contributed by atoms with E-state index in [1.807, 2.05) is 14.7 Å². The summed E-state index contributed by atoms with van der Waals surface area (Å²) in [6.07, 6.45) is 26.7. The van der Waals surface area contributed by atoms with Gasteiger partial charge in [-0.05, 0) is 227 Å². The predicted molar refractivity (Wildman–Crippen MR) is 465 cm³/mol. The Morgan fingerprint density at radius 1 is 0.390 bits per heavy atom. The Balaban J connectivity index is 0.000000127. The van der Waals surface area contributed by atoms with E-state index in [1.54, 1.807) is 0 Å². The van der Waals surface area contributed by atoms with Gasteiger partial charge in [-0.25, -0.2) is 0 Å². The number of aromatic amines is 3. The zero-order chi connectivity index (χ0) is 80.7. The molecule has 24 nitrogen and oxygen atoms in total. The van der Waals surface area contributed by atoms with E-state index < -0.39 is 16.6 Å². The van der Waals surface area contributed by atoms with Gasteiger partial charge >= 0.3 is 0 Å². The van der Waals surface area contributed by atoms with E-state index in [2.05, 4.69) is 275 Å². The van der Waals surface area contributed by atoms with Gasteiger partial charge in [0.2, 0.25) is 17.5 Å². The third kappa shape index (κ3) is 16.3. The molecule has 3 spiro atoms. The summed E-state index contributed by atoms with van der Waals surface area (Å²) in [5, 5.41) is 45.9. The van der Waals surface area contributed by atoms with E-state index in [0.29, 0.717) is 48.9 Å². The Morgan fingerprint density at radius 2 is 0.754 bits per heavy atom. The summed E-state index contributed by atoms with van der Waals surface area (Å²) in [5.41, 5.74) is 15.7. The molecular formula is C94H109N21O3. The predicted octanol–water partition coefficient (Wildman–Crippen LogP) is 18.4. The van der Waals surface area contributed by atoms with Crippen LogP contribution in [0.15, 0.2) is 179 Å². The number of benzene rings is 7. The number of nitrogens with zero attached hydrogens (tertiary/aromatic N) is 18. The molecule has 11 aromatic rings. The molecule has 1 unspecified atom stereocenters. The Kier molecular flexibility index (Phi) is 23.3. The van der Waals surface area contributed by atoms with Crippen molar-refractivity contribution in [1.82, 2.24) is 81.1 Å². The molecule has 608 valence electrons. The summed E-state index contributed by atoms with van der Waals surface area (Å²) < 4.78 is 2.20. The molecule has 2 saturated heterocycles. The SMILES string of the molecule is CCCCC1=NC2(CCCC2)C(=O)N1Cc1ccc(-c2cc(-n3ccc4ccccc43)ccc2-c2nn[nH]n2)cc1.CCCCC1=NC2(CCCC2)C(=O)N1Cc1ccc(-c2cc(N3CCC(C)C3)ccc2-c2nn[nH]n2)cc1.CCCCC1=NC2(CCCC2)C(=O)N1Cc1ccc(-c2cc(N3CCC[C@H](C)C3)ccc2-c2nn[nH]n2)cc1. The fourth-order valence-corrected chi connectivity index (χ4v) is 19.2. The fourth-order valence-electron chi connectivity index (χ4n) is 19.2. The van der Waals surface area contributed by atoms with Crippen LogP contribution in [-0.4, -0.2) is 159 Å². The molecule has 118 heavy (non-hydrogen) atoms. The normalized spacial score (nSPS) is 19.1. The van der Waals surface area contributed by atoms with Gasteiger partial charge in [-0.3, -0.25) is 44.1 Å². The molecule has 3 saturated carbocycles. The van der Waals surface area contributed by atoms with Gasteiger partial charge in [0.05, 0.1) is 25.2 Å². The Labute approximate surface area is 690 Å². The number of rotatable bonds is 24. The minimum Gasteiger partial charge on any atom is -0.371 e. The molecule has 5 aliphatic heterocycles. The van der Waals surface area contributed by atoms with Gasteiger partial charge in [0, 0.05) is 85.4 Å². The Morgan fingerprint density at radius 3 is 1.11 bits per heavy atom. The first-order valence-corrected chi connectivity index (χ1v) is 43.5. The fraction of sp³-hybridized carbons (Fsp3) is 0.436. The molecule has 0 radical (unpaired) electrons. The molecule has 9 heterocycles. The van der Waals surface area contributed by atoms with E-state index in [-0.39, 0.29) is 17.7 Å². The van der Waals surface area contributed by atoms with Crippen LogP contribution < -0.4 is 9.80 Å². The lowest BCUT2D eigenvalue weighted by Crippen LogP contribution is -2.40. The third-order valence-corrected chi connectivity index (χ3v) is 25.7. The molecule has 24 heteroatoms. The minimum atomic E-state index is -0.508. The summed E-state index contributed by atoms with van der Waals surface area (Å²) in [7, 11) is 0. The zero-order valence-electron chi connectivity index (χ0n) is 68.9. The van der Waals surface area contributed by atoms with Gasteiger partial charge in [0.15, 0.2) is 0 Å². The van der Waals surface area contributed by atoms with E-state index >= 15 is 0 Å². The second-order valence-corrected chi connectivity index (χ2v) is 34.0. The zero-order valence-corrected chi connectivity index (χ0v) is 68.9. The van der Waals surface area contributed by atoms with Gasteiger partial charge in [-0.2, -0.15) is 15.6 Å². The first kappa shape index (κ1) is 78.8. The number of piperidine rings is 1. The number of amidine groups is 3. The van der Waals surface area contributed by atoms with Crippen LogP contribution >= 0.6 is 0 Å². The van der Waals surface area contributed by atoms with Crippen molar-refractivity contribution in [2.45, 2.75) is 225 Å². The third-order valence-electron chi connectivity index (χ3n) is 25.7. The standard InChI is InChI=1S/C33H33N7O.C31H39N7O.C30H37N7O/c1-2-3-10-30-34-33(18-6-7-19-33)32(41)40(30)22-23-11-13-24(14-12-23)28-21-26(15-16-27(28)31-35-37-38-36-31)39-20-17-25-8-4-5-9-29(25)39;1-3-4-9-28-32-31(16-5-6-17-31)30(39)38(28)21-23-10-12-24(13-11-23)27-19-25(37-18-7-8-22(2)20-37)14-15-26(27)29-33-35-36-34-29;1-3-4-7-27-31-30(15-5-6-16-30)29(38)37(27)20-22-8-10-23(11-9-22)26-18-24(36-17-14-21(2)19-36)12-13-25(26)28-32-34-35-33-28/h4-5,8-9,11-17,20-21H,2-3,6-7,10,18-19,22H2,1H3,(H,35,36,37,38);10-15,19,22H,3-9,16-18,20-21H2,1-2H3,(H,33,34,35,36);8-13,18,21H,3-7,14-17,19-20H2,1-2H3,(H,32,33,34,35)/t;22-;/m.0./s1. The summed E-state index contributed by atoms with van der Waals surface area (Å²) >= 11 is 0. The molecular weight excluding hydrogens is 1470 g/mol.